The number of ether oxygens (including phenoxy) is 1. The lowest BCUT2D eigenvalue weighted by Crippen LogP contribution is -2.57. The second-order valence-corrected chi connectivity index (χ2v) is 8.16. The summed E-state index contributed by atoms with van der Waals surface area (Å²) in [5, 5.41) is 14.7. The Labute approximate surface area is 150 Å². The van der Waals surface area contributed by atoms with Crippen molar-refractivity contribution >= 4 is 5.91 Å². The van der Waals surface area contributed by atoms with Gasteiger partial charge in [-0.25, -0.2) is 0 Å². The van der Waals surface area contributed by atoms with E-state index in [1.165, 1.54) is 11.1 Å². The Balaban J connectivity index is 1.65. The molecule has 4 heteroatoms. The van der Waals surface area contributed by atoms with Crippen LogP contribution in [0.15, 0.2) is 18.2 Å². The van der Waals surface area contributed by atoms with Gasteiger partial charge in [0.2, 0.25) is 5.91 Å². The molecular weight excluding hydrogens is 314 g/mol. The van der Waals surface area contributed by atoms with Crippen molar-refractivity contribution in [2.45, 2.75) is 68.8 Å². The standard InChI is InChI=1S/C21H29NO3/c1-25-17-7-6-15-8-11-21(24)10-3-2-9-20(21,18(15)14-17)12-13-22-19(23)16-4-5-16/h6-7,14,16,24H,2-5,8-13H2,1H3,(H,22,23). The van der Waals surface area contributed by atoms with E-state index < -0.39 is 5.60 Å². The van der Waals surface area contributed by atoms with E-state index in [1.54, 1.807) is 7.11 Å². The molecule has 2 fully saturated rings. The smallest absolute Gasteiger partial charge is 0.223 e. The van der Waals surface area contributed by atoms with E-state index in [0.29, 0.717) is 6.54 Å². The molecule has 25 heavy (non-hydrogen) atoms. The summed E-state index contributed by atoms with van der Waals surface area (Å²) in [5.74, 6) is 1.29. The van der Waals surface area contributed by atoms with E-state index in [4.69, 9.17) is 4.74 Å². The Morgan fingerprint density at radius 2 is 2.08 bits per heavy atom. The van der Waals surface area contributed by atoms with Gasteiger partial charge in [0.25, 0.3) is 0 Å². The Morgan fingerprint density at radius 3 is 2.84 bits per heavy atom. The van der Waals surface area contributed by atoms with Gasteiger partial charge in [0, 0.05) is 17.9 Å². The van der Waals surface area contributed by atoms with Crippen molar-refractivity contribution < 1.29 is 14.6 Å². The molecule has 2 N–H and O–H groups in total. The largest absolute Gasteiger partial charge is 0.497 e. The van der Waals surface area contributed by atoms with Gasteiger partial charge in [-0.15, -0.1) is 0 Å². The van der Waals surface area contributed by atoms with Crippen LogP contribution in [0, 0.1) is 5.92 Å². The minimum absolute atomic E-state index is 0.192. The van der Waals surface area contributed by atoms with Crippen LogP contribution in [0.5, 0.6) is 5.75 Å². The van der Waals surface area contributed by atoms with Crippen molar-refractivity contribution in [1.82, 2.24) is 5.32 Å². The van der Waals surface area contributed by atoms with Crippen molar-refractivity contribution in [3.05, 3.63) is 29.3 Å². The van der Waals surface area contributed by atoms with Gasteiger partial charge in [0.1, 0.15) is 5.75 Å². The molecule has 0 aromatic heterocycles. The van der Waals surface area contributed by atoms with Crippen LogP contribution in [0.1, 0.15) is 62.5 Å². The topological polar surface area (TPSA) is 58.6 Å². The molecule has 2 saturated carbocycles. The average molecular weight is 343 g/mol. The molecule has 3 aliphatic rings. The third-order valence-corrected chi connectivity index (χ3v) is 6.77. The van der Waals surface area contributed by atoms with Crippen LogP contribution in [0.4, 0.5) is 0 Å². The lowest BCUT2D eigenvalue weighted by atomic mass is 9.53. The number of fused-ring (bicyclic) bond motifs is 3. The van der Waals surface area contributed by atoms with Crippen LogP contribution in [-0.2, 0) is 16.6 Å². The van der Waals surface area contributed by atoms with Crippen LogP contribution in [0.2, 0.25) is 0 Å². The van der Waals surface area contributed by atoms with E-state index in [9.17, 15) is 9.90 Å². The van der Waals surface area contributed by atoms with E-state index in [0.717, 1.165) is 63.5 Å². The second kappa shape index (κ2) is 6.31. The minimum Gasteiger partial charge on any atom is -0.497 e. The molecule has 4 rings (SSSR count). The Hall–Kier alpha value is -1.55. The van der Waals surface area contributed by atoms with Gasteiger partial charge >= 0.3 is 0 Å². The fourth-order valence-corrected chi connectivity index (χ4v) is 5.13. The average Bonchev–Trinajstić information content (AvgIpc) is 3.46. The molecule has 4 nitrogen and oxygen atoms in total. The lowest BCUT2D eigenvalue weighted by Gasteiger charge is -2.55. The van der Waals surface area contributed by atoms with Gasteiger partial charge < -0.3 is 15.2 Å². The number of hydrogen-bond acceptors (Lipinski definition) is 3. The summed E-state index contributed by atoms with van der Waals surface area (Å²) < 4.78 is 5.47. The molecule has 0 radical (unpaired) electrons. The first-order valence-corrected chi connectivity index (χ1v) is 9.75. The van der Waals surface area contributed by atoms with Crippen molar-refractivity contribution in [1.29, 1.82) is 0 Å². The minimum atomic E-state index is -0.658. The summed E-state index contributed by atoms with van der Waals surface area (Å²) in [6, 6.07) is 6.31. The summed E-state index contributed by atoms with van der Waals surface area (Å²) in [6.45, 7) is 0.647. The van der Waals surface area contributed by atoms with Crippen molar-refractivity contribution in [3.63, 3.8) is 0 Å². The maximum absolute atomic E-state index is 12.0. The zero-order chi connectivity index (χ0) is 17.5. The summed E-state index contributed by atoms with van der Waals surface area (Å²) in [5.41, 5.74) is 1.67. The van der Waals surface area contributed by atoms with Crippen LogP contribution in [0.25, 0.3) is 0 Å². The predicted octanol–water partition coefficient (Wildman–Crippen LogP) is 3.10. The lowest BCUT2D eigenvalue weighted by molar-refractivity contribution is -0.123. The SMILES string of the molecule is COc1ccc2c(c1)C1(CCNC(=O)C3CC3)CCCCC1(O)CC2. The molecule has 0 heterocycles. The Morgan fingerprint density at radius 1 is 1.28 bits per heavy atom. The number of hydrogen-bond donors (Lipinski definition) is 2. The summed E-state index contributed by atoms with van der Waals surface area (Å²) in [6.07, 6.45) is 8.68. The summed E-state index contributed by atoms with van der Waals surface area (Å²) >= 11 is 0. The Kier molecular flexibility index (Phi) is 4.27. The molecule has 1 aromatic carbocycles. The van der Waals surface area contributed by atoms with Gasteiger partial charge in [-0.05, 0) is 68.2 Å². The van der Waals surface area contributed by atoms with Gasteiger partial charge in [0.15, 0.2) is 0 Å². The molecular formula is C21H29NO3. The number of methoxy groups -OCH3 is 1. The first kappa shape index (κ1) is 16.9. The molecule has 1 amide bonds. The first-order valence-electron chi connectivity index (χ1n) is 9.75. The van der Waals surface area contributed by atoms with Crippen molar-refractivity contribution in [3.8, 4) is 5.75 Å². The zero-order valence-electron chi connectivity index (χ0n) is 15.1. The van der Waals surface area contributed by atoms with Gasteiger partial charge in [-0.1, -0.05) is 18.9 Å². The van der Waals surface area contributed by atoms with Gasteiger partial charge in [-0.3, -0.25) is 4.79 Å². The molecule has 0 aliphatic heterocycles. The first-order chi connectivity index (χ1) is 12.1. The van der Waals surface area contributed by atoms with Crippen LogP contribution in [0.3, 0.4) is 0 Å². The highest BCUT2D eigenvalue weighted by atomic mass is 16.5. The predicted molar refractivity (Wildman–Crippen MR) is 96.8 cm³/mol. The number of aryl methyl sites for hydroxylation is 1. The van der Waals surface area contributed by atoms with E-state index in [-0.39, 0.29) is 17.2 Å². The number of carbonyl (C=O) groups excluding carboxylic acids is 1. The van der Waals surface area contributed by atoms with Gasteiger partial charge in [-0.2, -0.15) is 0 Å². The molecule has 136 valence electrons. The maximum Gasteiger partial charge on any atom is 0.223 e. The molecule has 0 spiro atoms. The monoisotopic (exact) mass is 343 g/mol. The maximum atomic E-state index is 12.0. The normalized spacial score (nSPS) is 31.0. The van der Waals surface area contributed by atoms with E-state index in [1.807, 2.05) is 6.07 Å². The van der Waals surface area contributed by atoms with Crippen LogP contribution >= 0.6 is 0 Å². The number of benzene rings is 1. The molecule has 2 unspecified atom stereocenters. The van der Waals surface area contributed by atoms with Gasteiger partial charge in [0.05, 0.1) is 12.7 Å². The van der Waals surface area contributed by atoms with E-state index in [2.05, 4.69) is 17.4 Å². The molecule has 3 aliphatic carbocycles. The summed E-state index contributed by atoms with van der Waals surface area (Å²) in [7, 11) is 1.69. The fourth-order valence-electron chi connectivity index (χ4n) is 5.13. The molecule has 1 aromatic rings. The highest BCUT2D eigenvalue weighted by Gasteiger charge is 2.54. The number of aliphatic hydroxyl groups is 1. The second-order valence-electron chi connectivity index (χ2n) is 8.16. The molecule has 0 bridgehead atoms. The van der Waals surface area contributed by atoms with Crippen molar-refractivity contribution in [2.24, 2.45) is 5.92 Å². The number of nitrogens with one attached hydrogen (secondary N) is 1. The quantitative estimate of drug-likeness (QED) is 0.864. The van der Waals surface area contributed by atoms with Crippen molar-refractivity contribution in [2.75, 3.05) is 13.7 Å². The Bertz CT molecular complexity index is 669. The molecule has 0 saturated heterocycles. The highest BCUT2D eigenvalue weighted by Crippen LogP contribution is 2.55. The number of carbonyl (C=O) groups is 1. The highest BCUT2D eigenvalue weighted by molar-refractivity contribution is 5.80. The number of rotatable bonds is 5. The van der Waals surface area contributed by atoms with Crippen LogP contribution < -0.4 is 10.1 Å². The fraction of sp³-hybridized carbons (Fsp3) is 0.667. The van der Waals surface area contributed by atoms with Crippen LogP contribution in [-0.4, -0.2) is 30.3 Å². The van der Waals surface area contributed by atoms with E-state index >= 15 is 0 Å². The number of amides is 1. The summed E-state index contributed by atoms with van der Waals surface area (Å²) in [4.78, 5) is 12.0. The molecule has 2 atom stereocenters. The third kappa shape index (κ3) is 2.84. The zero-order valence-corrected chi connectivity index (χ0v) is 15.1. The third-order valence-electron chi connectivity index (χ3n) is 6.77.